The van der Waals surface area contributed by atoms with Gasteiger partial charge in [-0.05, 0) is 39.2 Å². The van der Waals surface area contributed by atoms with E-state index in [1.165, 1.54) is 0 Å². The highest BCUT2D eigenvalue weighted by Crippen LogP contribution is 2.49. The highest BCUT2D eigenvalue weighted by molar-refractivity contribution is 7.98. The Balaban J connectivity index is 3.11. The molecule has 0 saturated carbocycles. The number of nitrogens with zero attached hydrogens (tertiary/aromatic N) is 1. The van der Waals surface area contributed by atoms with Crippen molar-refractivity contribution in [1.82, 2.24) is 0 Å². The van der Waals surface area contributed by atoms with Crippen LogP contribution >= 0.6 is 19.6 Å². The maximum Gasteiger partial charge on any atom is 0.550 e. The summed E-state index contributed by atoms with van der Waals surface area (Å²) in [6, 6.07) is 7.08. The summed E-state index contributed by atoms with van der Waals surface area (Å²) in [7, 11) is -3.87. The van der Waals surface area contributed by atoms with E-state index in [1.807, 2.05) is 18.4 Å². The summed E-state index contributed by atoms with van der Waals surface area (Å²) in [5.41, 5.74) is 0.370. The Morgan fingerprint density at radius 2 is 1.67 bits per heavy atom. The van der Waals surface area contributed by atoms with Gasteiger partial charge < -0.3 is 4.74 Å². The van der Waals surface area contributed by atoms with E-state index in [1.54, 1.807) is 44.7 Å². The topological polar surface area (TPSA) is 83.4 Å². The molecule has 24 heavy (non-hydrogen) atoms. The number of esters is 1. The lowest BCUT2D eigenvalue weighted by Gasteiger charge is -2.14. The number of carbonyl (C=O) groups is 1. The average Bonchev–Trinajstić information content (AvgIpc) is 2.56. The minimum atomic E-state index is -3.87. The van der Waals surface area contributed by atoms with Gasteiger partial charge in [-0.1, -0.05) is 17.3 Å². The molecule has 0 spiro atoms. The SMILES string of the molecule is CCOC(=O)/C(=N\OP(=O)(OCC)OCC)c1ccc(SC)cc1. The zero-order valence-corrected chi connectivity index (χ0v) is 15.9. The number of oxime groups is 1. The molecule has 0 aromatic heterocycles. The third-order valence-corrected chi connectivity index (χ3v) is 4.81. The third-order valence-electron chi connectivity index (χ3n) is 2.64. The van der Waals surface area contributed by atoms with E-state index in [9.17, 15) is 9.36 Å². The zero-order valence-electron chi connectivity index (χ0n) is 14.2. The molecule has 1 rings (SSSR count). The van der Waals surface area contributed by atoms with Crippen LogP contribution in [-0.2, 0) is 27.8 Å². The van der Waals surface area contributed by atoms with Gasteiger partial charge in [-0.25, -0.2) is 9.36 Å². The summed E-state index contributed by atoms with van der Waals surface area (Å²) >= 11 is 1.57. The number of carbonyl (C=O) groups excluding carboxylic acids is 1. The molecule has 134 valence electrons. The molecule has 1 aromatic carbocycles. The van der Waals surface area contributed by atoms with Crippen molar-refractivity contribution in [3.63, 3.8) is 0 Å². The molecule has 0 N–H and O–H groups in total. The first-order chi connectivity index (χ1) is 11.5. The van der Waals surface area contributed by atoms with Gasteiger partial charge in [0.1, 0.15) is 0 Å². The molecule has 0 atom stereocenters. The first-order valence-corrected chi connectivity index (χ1v) is 10.2. The van der Waals surface area contributed by atoms with Crippen LogP contribution in [0.15, 0.2) is 34.3 Å². The highest BCUT2D eigenvalue weighted by atomic mass is 32.2. The second-order valence-corrected chi connectivity index (χ2v) is 6.71. The van der Waals surface area contributed by atoms with Gasteiger partial charge in [-0.2, -0.15) is 0 Å². The molecule has 0 aliphatic rings. The molecule has 0 amide bonds. The van der Waals surface area contributed by atoms with Gasteiger partial charge in [0, 0.05) is 10.5 Å². The second-order valence-electron chi connectivity index (χ2n) is 4.25. The van der Waals surface area contributed by atoms with E-state index >= 15 is 0 Å². The number of thioether (sulfide) groups is 1. The molecular weight excluding hydrogens is 353 g/mol. The largest absolute Gasteiger partial charge is 0.550 e. The van der Waals surface area contributed by atoms with E-state index in [4.69, 9.17) is 18.4 Å². The summed E-state index contributed by atoms with van der Waals surface area (Å²) in [4.78, 5) is 13.1. The van der Waals surface area contributed by atoms with Gasteiger partial charge in [-0.15, -0.1) is 11.8 Å². The van der Waals surface area contributed by atoms with Gasteiger partial charge >= 0.3 is 13.8 Å². The van der Waals surface area contributed by atoms with Gasteiger partial charge in [-0.3, -0.25) is 13.7 Å². The van der Waals surface area contributed by atoms with Gasteiger partial charge in [0.25, 0.3) is 0 Å². The summed E-state index contributed by atoms with van der Waals surface area (Å²) in [5.74, 6) is -0.686. The predicted molar refractivity (Wildman–Crippen MR) is 93.3 cm³/mol. The monoisotopic (exact) mass is 375 g/mol. The van der Waals surface area contributed by atoms with Crippen LogP contribution in [0, 0.1) is 0 Å². The van der Waals surface area contributed by atoms with Crippen molar-refractivity contribution in [1.29, 1.82) is 0 Å². The van der Waals surface area contributed by atoms with Crippen LogP contribution in [0.4, 0.5) is 0 Å². The number of ether oxygens (including phenoxy) is 1. The molecule has 0 fully saturated rings. The van der Waals surface area contributed by atoms with Crippen molar-refractivity contribution in [2.24, 2.45) is 5.16 Å². The molecule has 7 nitrogen and oxygen atoms in total. The fraction of sp³-hybridized carbons (Fsp3) is 0.467. The Kier molecular flexibility index (Phi) is 9.07. The number of rotatable bonds is 10. The fourth-order valence-corrected chi connectivity index (χ4v) is 3.04. The van der Waals surface area contributed by atoms with Crippen molar-refractivity contribution in [2.45, 2.75) is 25.7 Å². The average molecular weight is 375 g/mol. The Bertz CT molecular complexity index is 594. The van der Waals surface area contributed by atoms with Crippen molar-refractivity contribution < 1.29 is 27.8 Å². The second kappa shape index (κ2) is 10.5. The molecule has 0 aliphatic heterocycles. The van der Waals surface area contributed by atoms with Crippen LogP contribution in [0.3, 0.4) is 0 Å². The number of phosphoric ester groups is 1. The minimum absolute atomic E-state index is 0.107. The fourth-order valence-electron chi connectivity index (χ4n) is 1.65. The maximum absolute atomic E-state index is 12.3. The quantitative estimate of drug-likeness (QED) is 0.202. The summed E-state index contributed by atoms with van der Waals surface area (Å²) in [5, 5.41) is 3.70. The predicted octanol–water partition coefficient (Wildman–Crippen LogP) is 3.87. The standard InChI is InChI=1S/C15H22NO6PS/c1-5-19-15(17)14(12-8-10-13(24-4)11-9-12)16-22-23(18,20-6-2)21-7-3/h8-11H,5-7H2,1-4H3/b16-14-. The van der Waals surface area contributed by atoms with Crippen LogP contribution in [0.2, 0.25) is 0 Å². The van der Waals surface area contributed by atoms with Crippen LogP contribution < -0.4 is 0 Å². The highest BCUT2D eigenvalue weighted by Gasteiger charge is 2.28. The Labute approximate surface area is 146 Å². The molecule has 9 heteroatoms. The van der Waals surface area contributed by atoms with Crippen LogP contribution in [0.5, 0.6) is 0 Å². The maximum atomic E-state index is 12.3. The number of hydrogen-bond acceptors (Lipinski definition) is 8. The lowest BCUT2D eigenvalue weighted by molar-refractivity contribution is -0.135. The van der Waals surface area contributed by atoms with Crippen LogP contribution in [0.1, 0.15) is 26.3 Å². The first-order valence-electron chi connectivity index (χ1n) is 7.47. The van der Waals surface area contributed by atoms with E-state index < -0.39 is 13.8 Å². The molecule has 0 saturated heterocycles. The molecule has 0 aliphatic carbocycles. The Morgan fingerprint density at radius 3 is 2.12 bits per heavy atom. The van der Waals surface area contributed by atoms with Gasteiger partial charge in [0.05, 0.1) is 19.8 Å². The normalized spacial score (nSPS) is 12.1. The molecule has 0 unspecified atom stereocenters. The Hall–Kier alpha value is -1.34. The van der Waals surface area contributed by atoms with Crippen LogP contribution in [-0.4, -0.2) is 37.8 Å². The van der Waals surface area contributed by atoms with Crippen LogP contribution in [0.25, 0.3) is 0 Å². The number of hydrogen-bond donors (Lipinski definition) is 0. The number of phosphoric acid groups is 1. The van der Waals surface area contributed by atoms with E-state index in [2.05, 4.69) is 5.16 Å². The zero-order chi connectivity index (χ0) is 18.0. The molecule has 0 radical (unpaired) electrons. The molecular formula is C15H22NO6PS. The van der Waals surface area contributed by atoms with Gasteiger partial charge in [0.15, 0.2) is 5.71 Å². The third kappa shape index (κ3) is 6.28. The summed E-state index contributed by atoms with van der Waals surface area (Å²) in [6.45, 7) is 5.38. The van der Waals surface area contributed by atoms with Crippen molar-refractivity contribution in [2.75, 3.05) is 26.1 Å². The van der Waals surface area contributed by atoms with E-state index in [0.717, 1.165) is 4.90 Å². The van der Waals surface area contributed by atoms with E-state index in [0.29, 0.717) is 5.56 Å². The minimum Gasteiger partial charge on any atom is -0.461 e. The summed E-state index contributed by atoms with van der Waals surface area (Å²) < 4.78 is 32.2. The van der Waals surface area contributed by atoms with Gasteiger partial charge in [0.2, 0.25) is 0 Å². The smallest absolute Gasteiger partial charge is 0.461 e. The number of benzene rings is 1. The molecule has 0 bridgehead atoms. The summed E-state index contributed by atoms with van der Waals surface area (Å²) in [6.07, 6.45) is 1.94. The lowest BCUT2D eigenvalue weighted by Crippen LogP contribution is -2.19. The van der Waals surface area contributed by atoms with Crippen molar-refractivity contribution >= 4 is 31.3 Å². The van der Waals surface area contributed by atoms with E-state index in [-0.39, 0.29) is 25.5 Å². The lowest BCUT2D eigenvalue weighted by atomic mass is 10.1. The first kappa shape index (κ1) is 20.7. The molecule has 0 heterocycles. The van der Waals surface area contributed by atoms with Crippen molar-refractivity contribution in [3.05, 3.63) is 29.8 Å². The Morgan fingerprint density at radius 1 is 1.08 bits per heavy atom. The molecule has 1 aromatic rings. The van der Waals surface area contributed by atoms with Crippen molar-refractivity contribution in [3.8, 4) is 0 Å².